The molecular formula is C25H22ClN3O. The fraction of sp³-hybridized carbons (Fsp3) is 0.160. The van der Waals surface area contributed by atoms with Crippen molar-refractivity contribution in [2.24, 2.45) is 0 Å². The van der Waals surface area contributed by atoms with Crippen molar-refractivity contribution in [3.8, 4) is 0 Å². The first kappa shape index (κ1) is 20.0. The van der Waals surface area contributed by atoms with E-state index in [1.807, 2.05) is 24.3 Å². The molecule has 0 aliphatic heterocycles. The van der Waals surface area contributed by atoms with Crippen LogP contribution in [0.15, 0.2) is 73.1 Å². The maximum absolute atomic E-state index is 12.6. The molecular weight excluding hydrogens is 394 g/mol. The number of aromatic nitrogens is 2. The summed E-state index contributed by atoms with van der Waals surface area (Å²) in [5, 5.41) is 4.59. The fourth-order valence-electron chi connectivity index (χ4n) is 3.37. The van der Waals surface area contributed by atoms with Crippen LogP contribution in [0.3, 0.4) is 0 Å². The molecule has 0 saturated carbocycles. The van der Waals surface area contributed by atoms with Crippen molar-refractivity contribution in [3.63, 3.8) is 0 Å². The zero-order valence-electron chi connectivity index (χ0n) is 16.7. The highest BCUT2D eigenvalue weighted by Crippen LogP contribution is 2.20. The number of fused-ring (bicyclic) bond motifs is 1. The lowest BCUT2D eigenvalue weighted by atomic mass is 10.0. The maximum atomic E-state index is 12.6. The van der Waals surface area contributed by atoms with Gasteiger partial charge in [0.25, 0.3) is 5.91 Å². The van der Waals surface area contributed by atoms with E-state index < -0.39 is 0 Å². The van der Waals surface area contributed by atoms with E-state index in [0.717, 1.165) is 34.1 Å². The van der Waals surface area contributed by atoms with Crippen molar-refractivity contribution in [1.29, 1.82) is 0 Å². The summed E-state index contributed by atoms with van der Waals surface area (Å²) in [6.07, 6.45) is 4.96. The standard InChI is InChI=1S/C25H22ClN3O/c1-2-17-3-5-18(6-4-17)15-29-25(30)20-9-10-27-23(14-20)12-19-7-8-24-21(11-19)13-22(26)16-28-24/h3-11,13-14,16H,2,12,15H2,1H3,(H,29,30). The Morgan fingerprint density at radius 2 is 1.70 bits per heavy atom. The van der Waals surface area contributed by atoms with Crippen molar-refractivity contribution in [2.45, 2.75) is 26.3 Å². The Morgan fingerprint density at radius 1 is 0.933 bits per heavy atom. The number of pyridine rings is 2. The normalized spacial score (nSPS) is 10.9. The number of carbonyl (C=O) groups is 1. The number of nitrogens with zero attached hydrogens (tertiary/aromatic N) is 2. The molecule has 1 amide bonds. The Labute approximate surface area is 181 Å². The third kappa shape index (κ3) is 4.84. The van der Waals surface area contributed by atoms with Crippen molar-refractivity contribution in [3.05, 3.63) is 106 Å². The molecule has 0 radical (unpaired) electrons. The van der Waals surface area contributed by atoms with Crippen LogP contribution in [-0.2, 0) is 19.4 Å². The summed E-state index contributed by atoms with van der Waals surface area (Å²) in [4.78, 5) is 21.3. The van der Waals surface area contributed by atoms with Gasteiger partial charge >= 0.3 is 0 Å². The largest absolute Gasteiger partial charge is 0.348 e. The van der Waals surface area contributed by atoms with Gasteiger partial charge in [0.15, 0.2) is 0 Å². The van der Waals surface area contributed by atoms with Crippen molar-refractivity contribution >= 4 is 28.4 Å². The van der Waals surface area contributed by atoms with E-state index in [1.54, 1.807) is 18.5 Å². The molecule has 4 nitrogen and oxygen atoms in total. The zero-order chi connectivity index (χ0) is 20.9. The number of amides is 1. The van der Waals surface area contributed by atoms with Gasteiger partial charge in [0.1, 0.15) is 0 Å². The molecule has 0 aliphatic rings. The number of halogens is 1. The summed E-state index contributed by atoms with van der Waals surface area (Å²) in [5.41, 5.74) is 5.80. The van der Waals surface area contributed by atoms with Crippen LogP contribution in [0.1, 0.15) is 39.7 Å². The van der Waals surface area contributed by atoms with Crippen LogP contribution < -0.4 is 5.32 Å². The van der Waals surface area contributed by atoms with Gasteiger partial charge in [0.2, 0.25) is 0 Å². The highest BCUT2D eigenvalue weighted by atomic mass is 35.5. The molecule has 0 bridgehead atoms. The van der Waals surface area contributed by atoms with Crippen LogP contribution in [0.2, 0.25) is 5.02 Å². The lowest BCUT2D eigenvalue weighted by Gasteiger charge is -2.08. The second kappa shape index (κ2) is 9.06. The monoisotopic (exact) mass is 415 g/mol. The lowest BCUT2D eigenvalue weighted by Crippen LogP contribution is -2.23. The average Bonchev–Trinajstić information content (AvgIpc) is 2.77. The van der Waals surface area contributed by atoms with Crippen LogP contribution in [0, 0.1) is 0 Å². The first-order valence-electron chi connectivity index (χ1n) is 9.96. The highest BCUT2D eigenvalue weighted by molar-refractivity contribution is 6.31. The summed E-state index contributed by atoms with van der Waals surface area (Å²) in [6.45, 7) is 2.63. The predicted octanol–water partition coefficient (Wildman–Crippen LogP) is 5.37. The maximum Gasteiger partial charge on any atom is 0.251 e. The molecule has 0 aliphatic carbocycles. The highest BCUT2D eigenvalue weighted by Gasteiger charge is 2.08. The summed E-state index contributed by atoms with van der Waals surface area (Å²) in [5.74, 6) is -0.104. The molecule has 4 rings (SSSR count). The van der Waals surface area contributed by atoms with Gasteiger partial charge in [0, 0.05) is 42.0 Å². The zero-order valence-corrected chi connectivity index (χ0v) is 17.5. The minimum absolute atomic E-state index is 0.104. The van der Waals surface area contributed by atoms with Gasteiger partial charge in [0.05, 0.1) is 10.5 Å². The molecule has 0 spiro atoms. The first-order chi connectivity index (χ1) is 14.6. The summed E-state index contributed by atoms with van der Waals surface area (Å²) in [6, 6.07) is 19.8. The lowest BCUT2D eigenvalue weighted by molar-refractivity contribution is 0.0950. The smallest absolute Gasteiger partial charge is 0.251 e. The summed E-state index contributed by atoms with van der Waals surface area (Å²) >= 11 is 6.06. The van der Waals surface area contributed by atoms with Gasteiger partial charge < -0.3 is 5.32 Å². The van der Waals surface area contributed by atoms with Gasteiger partial charge in [-0.3, -0.25) is 14.8 Å². The number of benzene rings is 2. The van der Waals surface area contributed by atoms with Crippen LogP contribution in [0.5, 0.6) is 0 Å². The van der Waals surface area contributed by atoms with E-state index in [-0.39, 0.29) is 5.91 Å². The molecule has 30 heavy (non-hydrogen) atoms. The minimum atomic E-state index is -0.104. The molecule has 0 unspecified atom stereocenters. The molecule has 150 valence electrons. The topological polar surface area (TPSA) is 54.9 Å². The van der Waals surface area contributed by atoms with E-state index in [1.165, 1.54) is 5.56 Å². The molecule has 0 saturated heterocycles. The number of nitrogens with one attached hydrogen (secondary N) is 1. The van der Waals surface area contributed by atoms with E-state index in [0.29, 0.717) is 23.6 Å². The van der Waals surface area contributed by atoms with E-state index in [9.17, 15) is 4.79 Å². The van der Waals surface area contributed by atoms with Crippen LogP contribution in [-0.4, -0.2) is 15.9 Å². The summed E-state index contributed by atoms with van der Waals surface area (Å²) < 4.78 is 0. The van der Waals surface area contributed by atoms with Crippen molar-refractivity contribution in [2.75, 3.05) is 0 Å². The number of hydrogen-bond donors (Lipinski definition) is 1. The molecule has 2 aromatic heterocycles. The van der Waals surface area contributed by atoms with Gasteiger partial charge in [-0.1, -0.05) is 48.9 Å². The number of rotatable bonds is 6. The van der Waals surface area contributed by atoms with Crippen LogP contribution in [0.25, 0.3) is 10.9 Å². The third-order valence-corrected chi connectivity index (χ3v) is 5.27. The Morgan fingerprint density at radius 3 is 2.50 bits per heavy atom. The molecule has 4 aromatic rings. The van der Waals surface area contributed by atoms with Crippen LogP contribution >= 0.6 is 11.6 Å². The second-order valence-electron chi connectivity index (χ2n) is 7.25. The van der Waals surface area contributed by atoms with Crippen molar-refractivity contribution < 1.29 is 4.79 Å². The predicted molar refractivity (Wildman–Crippen MR) is 121 cm³/mol. The number of hydrogen-bond acceptors (Lipinski definition) is 3. The van der Waals surface area contributed by atoms with Crippen molar-refractivity contribution in [1.82, 2.24) is 15.3 Å². The van der Waals surface area contributed by atoms with Gasteiger partial charge in [-0.25, -0.2) is 0 Å². The van der Waals surface area contributed by atoms with E-state index >= 15 is 0 Å². The minimum Gasteiger partial charge on any atom is -0.348 e. The first-order valence-corrected chi connectivity index (χ1v) is 10.3. The molecule has 2 aromatic carbocycles. The Balaban J connectivity index is 1.44. The Kier molecular flexibility index (Phi) is 6.05. The molecule has 2 heterocycles. The molecule has 1 N–H and O–H groups in total. The molecule has 0 fully saturated rings. The second-order valence-corrected chi connectivity index (χ2v) is 7.68. The molecule has 5 heteroatoms. The number of aryl methyl sites for hydroxylation is 1. The van der Waals surface area contributed by atoms with E-state index in [2.05, 4.69) is 52.5 Å². The van der Waals surface area contributed by atoms with Gasteiger partial charge in [-0.2, -0.15) is 0 Å². The Bertz CT molecular complexity index is 1190. The van der Waals surface area contributed by atoms with E-state index in [4.69, 9.17) is 11.6 Å². The SMILES string of the molecule is CCc1ccc(CNC(=O)c2ccnc(Cc3ccc4ncc(Cl)cc4c3)c2)cc1. The summed E-state index contributed by atoms with van der Waals surface area (Å²) in [7, 11) is 0. The quantitative estimate of drug-likeness (QED) is 0.460. The van der Waals surface area contributed by atoms with Gasteiger partial charge in [-0.05, 0) is 53.4 Å². The average molecular weight is 416 g/mol. The van der Waals surface area contributed by atoms with Gasteiger partial charge in [-0.15, -0.1) is 0 Å². The Hall–Kier alpha value is -3.24. The van der Waals surface area contributed by atoms with Crippen LogP contribution in [0.4, 0.5) is 0 Å². The number of carbonyl (C=O) groups excluding carboxylic acids is 1. The fourth-order valence-corrected chi connectivity index (χ4v) is 3.53. The third-order valence-electron chi connectivity index (χ3n) is 5.06. The molecule has 0 atom stereocenters.